The molecule has 0 radical (unpaired) electrons. The highest BCUT2D eigenvalue weighted by Crippen LogP contribution is 2.67. The predicted octanol–water partition coefficient (Wildman–Crippen LogP) is 4.94. The fourth-order valence-corrected chi connectivity index (χ4v) is 9.44. The topological polar surface area (TPSA) is 80.9 Å². The summed E-state index contributed by atoms with van der Waals surface area (Å²) < 4.78 is 0. The first-order valence-corrected chi connectivity index (χ1v) is 13.9. The van der Waals surface area contributed by atoms with Gasteiger partial charge in [-0.15, -0.1) is 0 Å². The fraction of sp³-hybridized carbons (Fsp3) is 0.931. The molecule has 4 nitrogen and oxygen atoms in total. The van der Waals surface area contributed by atoms with Crippen LogP contribution in [0.3, 0.4) is 0 Å². The number of aliphatic hydroxyl groups excluding tert-OH is 4. The fourth-order valence-electron chi connectivity index (χ4n) is 9.44. The van der Waals surface area contributed by atoms with Crippen molar-refractivity contribution in [2.24, 2.45) is 52.3 Å². The largest absolute Gasteiger partial charge is 0.393 e. The number of rotatable bonds is 6. The second-order valence-corrected chi connectivity index (χ2v) is 13.2. The second-order valence-electron chi connectivity index (χ2n) is 13.2. The molecule has 0 bridgehead atoms. The molecule has 0 aromatic carbocycles. The lowest BCUT2D eigenvalue weighted by atomic mass is 9.46. The minimum Gasteiger partial charge on any atom is -0.393 e. The van der Waals surface area contributed by atoms with E-state index in [1.54, 1.807) is 0 Å². The van der Waals surface area contributed by atoms with Crippen molar-refractivity contribution in [2.75, 3.05) is 0 Å². The first-order chi connectivity index (χ1) is 15.5. The SMILES string of the molecule is CC[C@@H](C(C)C)[C@@H](O)[C@H](O)[C@@H](C)[C@H]1CC[C@H]2[C@@H]3[C@@H](O)C=C4C[C@@H](O)CC[C@]4(C)[C@H]3CC[C@]12C. The molecule has 3 fully saturated rings. The van der Waals surface area contributed by atoms with Crippen LogP contribution in [0.2, 0.25) is 0 Å². The Morgan fingerprint density at radius 1 is 0.939 bits per heavy atom. The lowest BCUT2D eigenvalue weighted by molar-refractivity contribution is -0.116. The van der Waals surface area contributed by atoms with Gasteiger partial charge in [0.15, 0.2) is 0 Å². The molecule has 0 unspecified atom stereocenters. The van der Waals surface area contributed by atoms with E-state index in [0.29, 0.717) is 23.7 Å². The van der Waals surface area contributed by atoms with Gasteiger partial charge in [0.25, 0.3) is 0 Å². The first-order valence-electron chi connectivity index (χ1n) is 13.9. The lowest BCUT2D eigenvalue weighted by Crippen LogP contribution is -2.55. The molecule has 0 saturated heterocycles. The summed E-state index contributed by atoms with van der Waals surface area (Å²) in [7, 11) is 0. The van der Waals surface area contributed by atoms with Crippen LogP contribution in [0.5, 0.6) is 0 Å². The highest BCUT2D eigenvalue weighted by Gasteiger charge is 2.61. The van der Waals surface area contributed by atoms with E-state index in [9.17, 15) is 20.4 Å². The molecule has 33 heavy (non-hydrogen) atoms. The van der Waals surface area contributed by atoms with Crippen LogP contribution in [-0.2, 0) is 0 Å². The number of aliphatic hydroxyl groups is 4. The van der Waals surface area contributed by atoms with Gasteiger partial charge in [-0.3, -0.25) is 0 Å². The van der Waals surface area contributed by atoms with Gasteiger partial charge < -0.3 is 20.4 Å². The molecule has 0 aliphatic heterocycles. The summed E-state index contributed by atoms with van der Waals surface area (Å²) in [5, 5.41) is 43.9. The Hall–Kier alpha value is -0.420. The molecule has 0 aromatic heterocycles. The number of fused-ring (bicyclic) bond motifs is 5. The molecule has 0 heterocycles. The Morgan fingerprint density at radius 2 is 1.64 bits per heavy atom. The van der Waals surface area contributed by atoms with Crippen molar-refractivity contribution in [3.8, 4) is 0 Å². The van der Waals surface area contributed by atoms with Gasteiger partial charge in [0.05, 0.1) is 24.4 Å². The van der Waals surface area contributed by atoms with E-state index < -0.39 is 18.3 Å². The molecule has 0 amide bonds. The minimum atomic E-state index is -0.698. The molecule has 4 aliphatic rings. The average Bonchev–Trinajstić information content (AvgIpc) is 3.11. The molecule has 3 saturated carbocycles. The zero-order chi connectivity index (χ0) is 24.3. The van der Waals surface area contributed by atoms with Crippen LogP contribution in [0.1, 0.15) is 92.9 Å². The van der Waals surface area contributed by atoms with Crippen molar-refractivity contribution >= 4 is 0 Å². The van der Waals surface area contributed by atoms with Crippen LogP contribution < -0.4 is 0 Å². The van der Waals surface area contributed by atoms with Crippen molar-refractivity contribution in [2.45, 2.75) is 117 Å². The quantitative estimate of drug-likeness (QED) is 0.422. The molecule has 4 aliphatic carbocycles. The third kappa shape index (κ3) is 4.05. The zero-order valence-corrected chi connectivity index (χ0v) is 21.9. The first kappa shape index (κ1) is 25.7. The van der Waals surface area contributed by atoms with Gasteiger partial charge >= 0.3 is 0 Å². The Kier molecular flexibility index (Phi) is 7.17. The van der Waals surface area contributed by atoms with Crippen LogP contribution in [0.4, 0.5) is 0 Å². The van der Waals surface area contributed by atoms with Crippen LogP contribution in [-0.4, -0.2) is 44.8 Å². The Morgan fingerprint density at radius 3 is 2.27 bits per heavy atom. The summed E-state index contributed by atoms with van der Waals surface area (Å²) in [4.78, 5) is 0. The summed E-state index contributed by atoms with van der Waals surface area (Å²) in [5.41, 5.74) is 1.49. The van der Waals surface area contributed by atoms with Gasteiger partial charge in [-0.2, -0.15) is 0 Å². The lowest BCUT2D eigenvalue weighted by Gasteiger charge is -2.59. The molecule has 12 atom stereocenters. The number of hydrogen-bond acceptors (Lipinski definition) is 4. The average molecular weight is 463 g/mol. The van der Waals surface area contributed by atoms with Crippen molar-refractivity contribution < 1.29 is 20.4 Å². The van der Waals surface area contributed by atoms with Gasteiger partial charge in [0.1, 0.15) is 0 Å². The summed E-state index contributed by atoms with van der Waals surface area (Å²) >= 11 is 0. The Labute approximate surface area is 201 Å². The van der Waals surface area contributed by atoms with E-state index in [-0.39, 0.29) is 34.7 Å². The van der Waals surface area contributed by atoms with E-state index >= 15 is 0 Å². The van der Waals surface area contributed by atoms with E-state index in [4.69, 9.17) is 0 Å². The summed E-state index contributed by atoms with van der Waals surface area (Å²) in [6.07, 6.45) is 7.97. The van der Waals surface area contributed by atoms with E-state index in [1.807, 2.05) is 0 Å². The van der Waals surface area contributed by atoms with Gasteiger partial charge in [0, 0.05) is 0 Å². The van der Waals surface area contributed by atoms with Crippen molar-refractivity contribution in [1.82, 2.24) is 0 Å². The van der Waals surface area contributed by atoms with Gasteiger partial charge in [0.2, 0.25) is 0 Å². The highest BCUT2D eigenvalue weighted by molar-refractivity contribution is 5.28. The van der Waals surface area contributed by atoms with E-state index in [0.717, 1.165) is 51.4 Å². The third-order valence-corrected chi connectivity index (χ3v) is 11.5. The maximum atomic E-state index is 11.3. The molecule has 0 aromatic rings. The third-order valence-electron chi connectivity index (χ3n) is 11.5. The van der Waals surface area contributed by atoms with Gasteiger partial charge in [-0.25, -0.2) is 0 Å². The molecule has 4 heteroatoms. The molecule has 190 valence electrons. The van der Waals surface area contributed by atoms with Crippen LogP contribution >= 0.6 is 0 Å². The number of hydrogen-bond donors (Lipinski definition) is 4. The van der Waals surface area contributed by atoms with Crippen molar-refractivity contribution in [3.63, 3.8) is 0 Å². The second kappa shape index (κ2) is 9.22. The molecule has 4 rings (SSSR count). The van der Waals surface area contributed by atoms with Crippen LogP contribution in [0, 0.1) is 52.3 Å². The van der Waals surface area contributed by atoms with Crippen molar-refractivity contribution in [1.29, 1.82) is 0 Å². The standard InChI is InChI=1S/C29H50O4/c1-7-20(16(2)3)27(33)26(32)17(4)21-8-9-22-25-23(11-13-29(21,22)6)28(5)12-10-19(30)14-18(28)15-24(25)31/h15-17,19-27,30-33H,7-14H2,1-6H3/t17-,19-,20-,21+,22-,23-,24-,25-,26+,27+,28-,29+/m0/s1. The summed E-state index contributed by atoms with van der Waals surface area (Å²) in [6.45, 7) is 13.4. The maximum Gasteiger partial charge on any atom is 0.0832 e. The highest BCUT2D eigenvalue weighted by atomic mass is 16.3. The Balaban J connectivity index is 1.57. The molecular weight excluding hydrogens is 412 g/mol. The smallest absolute Gasteiger partial charge is 0.0832 e. The minimum absolute atomic E-state index is 0.0478. The monoisotopic (exact) mass is 462 g/mol. The predicted molar refractivity (Wildman–Crippen MR) is 132 cm³/mol. The maximum absolute atomic E-state index is 11.3. The normalized spacial score (nSPS) is 46.6. The summed E-state index contributed by atoms with van der Waals surface area (Å²) in [5.74, 6) is 2.09. The van der Waals surface area contributed by atoms with E-state index in [1.165, 1.54) is 5.57 Å². The molecule has 4 N–H and O–H groups in total. The van der Waals surface area contributed by atoms with Crippen LogP contribution in [0.15, 0.2) is 11.6 Å². The van der Waals surface area contributed by atoms with Gasteiger partial charge in [-0.1, -0.05) is 59.6 Å². The molecular formula is C29H50O4. The Bertz CT molecular complexity index is 733. The van der Waals surface area contributed by atoms with Crippen molar-refractivity contribution in [3.05, 3.63) is 11.6 Å². The molecule has 0 spiro atoms. The van der Waals surface area contributed by atoms with Crippen LogP contribution in [0.25, 0.3) is 0 Å². The summed E-state index contributed by atoms with van der Waals surface area (Å²) in [6, 6.07) is 0. The van der Waals surface area contributed by atoms with Gasteiger partial charge in [-0.05, 0) is 97.2 Å². The van der Waals surface area contributed by atoms with E-state index in [2.05, 4.69) is 47.6 Å². The zero-order valence-electron chi connectivity index (χ0n) is 21.9.